The van der Waals surface area contributed by atoms with E-state index in [1.165, 1.54) is 6.33 Å². The van der Waals surface area contributed by atoms with Crippen LogP contribution in [0.3, 0.4) is 0 Å². The summed E-state index contributed by atoms with van der Waals surface area (Å²) >= 11 is 0. The van der Waals surface area contributed by atoms with E-state index in [1.54, 1.807) is 4.57 Å². The lowest BCUT2D eigenvalue weighted by Crippen LogP contribution is -2.01. The Morgan fingerprint density at radius 3 is 2.89 bits per heavy atom. The number of aromatic nitrogens is 4. The summed E-state index contributed by atoms with van der Waals surface area (Å²) in [5.41, 5.74) is 1.68. The van der Waals surface area contributed by atoms with Crippen molar-refractivity contribution in [1.82, 2.24) is 19.9 Å². The lowest BCUT2D eigenvalue weighted by Gasteiger charge is -1.96. The number of rotatable bonds is 3. The smallest absolute Gasteiger partial charge is 0.235 e. The molecule has 3 aromatic rings. The van der Waals surface area contributed by atoms with Crippen LogP contribution in [0, 0.1) is 11.3 Å². The first-order valence-electron chi connectivity index (χ1n) is 5.66. The van der Waals surface area contributed by atoms with Crippen LogP contribution in [0.4, 0.5) is 0 Å². The molecule has 0 saturated heterocycles. The topological polar surface area (TPSA) is 80.5 Å². The van der Waals surface area contributed by atoms with Gasteiger partial charge in [0.25, 0.3) is 0 Å². The van der Waals surface area contributed by atoms with Crippen LogP contribution in [-0.2, 0) is 6.54 Å². The molecule has 19 heavy (non-hydrogen) atoms. The highest BCUT2D eigenvalue weighted by atomic mass is 16.5. The molecule has 0 unspecified atom stereocenters. The molecule has 6 nitrogen and oxygen atoms in total. The molecule has 2 aromatic heterocycles. The van der Waals surface area contributed by atoms with Crippen molar-refractivity contribution < 1.29 is 4.52 Å². The standard InChI is InChI=1S/C13H9N5O/c14-7-13-16-15-9-18(13)8-11-6-12(19-17-11)10-4-2-1-3-5-10/h1-6,9H,8H2. The largest absolute Gasteiger partial charge is 0.356 e. The first kappa shape index (κ1) is 11.2. The number of hydrogen-bond donors (Lipinski definition) is 0. The molecule has 0 N–H and O–H groups in total. The van der Waals surface area contributed by atoms with Gasteiger partial charge in [0.15, 0.2) is 5.76 Å². The second-order valence-corrected chi connectivity index (χ2v) is 3.94. The van der Waals surface area contributed by atoms with Crippen molar-refractivity contribution in [3.05, 3.63) is 54.2 Å². The van der Waals surface area contributed by atoms with Gasteiger partial charge in [0, 0.05) is 11.6 Å². The molecule has 0 radical (unpaired) electrons. The average Bonchev–Trinajstić information content (AvgIpc) is 3.09. The van der Waals surface area contributed by atoms with E-state index in [4.69, 9.17) is 9.78 Å². The number of hydrogen-bond acceptors (Lipinski definition) is 5. The van der Waals surface area contributed by atoms with E-state index in [0.717, 1.165) is 11.3 Å². The van der Waals surface area contributed by atoms with Crippen LogP contribution < -0.4 is 0 Å². The maximum atomic E-state index is 8.85. The number of nitriles is 1. The lowest BCUT2D eigenvalue weighted by molar-refractivity contribution is 0.421. The summed E-state index contributed by atoms with van der Waals surface area (Å²) in [7, 11) is 0. The highest BCUT2D eigenvalue weighted by Crippen LogP contribution is 2.20. The maximum absolute atomic E-state index is 8.85. The predicted octanol–water partition coefficient (Wildman–Crippen LogP) is 1.85. The Kier molecular flexibility index (Phi) is 2.79. The Bertz CT molecular complexity index is 723. The minimum Gasteiger partial charge on any atom is -0.356 e. The van der Waals surface area contributed by atoms with Gasteiger partial charge in [-0.2, -0.15) is 5.26 Å². The van der Waals surface area contributed by atoms with Gasteiger partial charge in [0.2, 0.25) is 5.82 Å². The fourth-order valence-corrected chi connectivity index (χ4v) is 1.76. The van der Waals surface area contributed by atoms with Crippen molar-refractivity contribution >= 4 is 0 Å². The van der Waals surface area contributed by atoms with Crippen LogP contribution in [-0.4, -0.2) is 19.9 Å². The predicted molar refractivity (Wildman–Crippen MR) is 65.8 cm³/mol. The van der Waals surface area contributed by atoms with Crippen LogP contribution in [0.5, 0.6) is 0 Å². The Morgan fingerprint density at radius 1 is 1.26 bits per heavy atom. The van der Waals surface area contributed by atoms with E-state index in [0.29, 0.717) is 12.3 Å². The van der Waals surface area contributed by atoms with Crippen LogP contribution in [0.1, 0.15) is 11.5 Å². The Morgan fingerprint density at radius 2 is 2.11 bits per heavy atom. The van der Waals surface area contributed by atoms with Crippen LogP contribution >= 0.6 is 0 Å². The van der Waals surface area contributed by atoms with Crippen molar-refractivity contribution in [2.24, 2.45) is 0 Å². The van der Waals surface area contributed by atoms with Gasteiger partial charge in [-0.05, 0) is 0 Å². The first-order chi connectivity index (χ1) is 9.36. The number of benzene rings is 1. The Balaban J connectivity index is 1.85. The molecule has 92 valence electrons. The second kappa shape index (κ2) is 4.74. The quantitative estimate of drug-likeness (QED) is 0.709. The summed E-state index contributed by atoms with van der Waals surface area (Å²) in [5, 5.41) is 20.2. The maximum Gasteiger partial charge on any atom is 0.235 e. The molecule has 0 aliphatic heterocycles. The molecule has 0 aliphatic carbocycles. The molecular formula is C13H9N5O. The third-order valence-corrected chi connectivity index (χ3v) is 2.67. The van der Waals surface area contributed by atoms with E-state index >= 15 is 0 Å². The first-order valence-corrected chi connectivity index (χ1v) is 5.66. The fourth-order valence-electron chi connectivity index (χ4n) is 1.76. The number of nitrogens with zero attached hydrogens (tertiary/aromatic N) is 5. The van der Waals surface area contributed by atoms with Crippen molar-refractivity contribution in [3.63, 3.8) is 0 Å². The van der Waals surface area contributed by atoms with E-state index in [1.807, 2.05) is 42.5 Å². The zero-order chi connectivity index (χ0) is 13.1. The minimum absolute atomic E-state index is 0.254. The summed E-state index contributed by atoms with van der Waals surface area (Å²) in [6.07, 6.45) is 1.50. The molecule has 0 spiro atoms. The molecular weight excluding hydrogens is 242 g/mol. The summed E-state index contributed by atoms with van der Waals surface area (Å²) < 4.78 is 6.90. The van der Waals surface area contributed by atoms with Gasteiger partial charge in [-0.15, -0.1) is 10.2 Å². The highest BCUT2D eigenvalue weighted by molar-refractivity contribution is 5.56. The van der Waals surface area contributed by atoms with Crippen molar-refractivity contribution in [1.29, 1.82) is 5.26 Å². The van der Waals surface area contributed by atoms with Crippen molar-refractivity contribution in [2.45, 2.75) is 6.54 Å². The lowest BCUT2D eigenvalue weighted by atomic mass is 10.2. The van der Waals surface area contributed by atoms with Gasteiger partial charge in [0.1, 0.15) is 18.1 Å². The van der Waals surface area contributed by atoms with E-state index in [-0.39, 0.29) is 5.82 Å². The van der Waals surface area contributed by atoms with Gasteiger partial charge in [-0.1, -0.05) is 35.5 Å². The SMILES string of the molecule is N#Cc1nncn1Cc1cc(-c2ccccc2)on1. The second-order valence-electron chi connectivity index (χ2n) is 3.94. The molecule has 0 fully saturated rings. The fraction of sp³-hybridized carbons (Fsp3) is 0.0769. The third kappa shape index (κ3) is 2.21. The van der Waals surface area contributed by atoms with E-state index < -0.39 is 0 Å². The van der Waals surface area contributed by atoms with Crippen LogP contribution in [0.25, 0.3) is 11.3 Å². The van der Waals surface area contributed by atoms with Gasteiger partial charge < -0.3 is 4.52 Å². The van der Waals surface area contributed by atoms with Gasteiger partial charge >= 0.3 is 0 Å². The highest BCUT2D eigenvalue weighted by Gasteiger charge is 2.09. The van der Waals surface area contributed by atoms with Crippen LogP contribution in [0.2, 0.25) is 0 Å². The molecule has 0 amide bonds. The zero-order valence-electron chi connectivity index (χ0n) is 9.89. The van der Waals surface area contributed by atoms with E-state index in [9.17, 15) is 0 Å². The summed E-state index contributed by atoms with van der Waals surface area (Å²) in [4.78, 5) is 0. The van der Waals surface area contributed by atoms with Crippen molar-refractivity contribution in [2.75, 3.05) is 0 Å². The summed E-state index contributed by atoms with van der Waals surface area (Å²) in [6, 6.07) is 13.5. The molecule has 0 aliphatic rings. The normalized spacial score (nSPS) is 10.3. The average molecular weight is 251 g/mol. The third-order valence-electron chi connectivity index (χ3n) is 2.67. The Hall–Kier alpha value is -2.94. The van der Waals surface area contributed by atoms with E-state index in [2.05, 4.69) is 15.4 Å². The summed E-state index contributed by atoms with van der Waals surface area (Å²) in [5.74, 6) is 0.950. The molecule has 0 saturated carbocycles. The molecule has 3 rings (SSSR count). The van der Waals surface area contributed by atoms with Crippen LogP contribution in [0.15, 0.2) is 47.2 Å². The van der Waals surface area contributed by atoms with Gasteiger partial charge in [0.05, 0.1) is 6.54 Å². The molecule has 6 heteroatoms. The Labute approximate surface area is 108 Å². The molecule has 1 aromatic carbocycles. The monoisotopic (exact) mass is 251 g/mol. The van der Waals surface area contributed by atoms with Crippen molar-refractivity contribution in [3.8, 4) is 17.4 Å². The summed E-state index contributed by atoms with van der Waals surface area (Å²) in [6.45, 7) is 0.409. The molecule has 2 heterocycles. The minimum atomic E-state index is 0.254. The van der Waals surface area contributed by atoms with Gasteiger partial charge in [-0.3, -0.25) is 4.57 Å². The zero-order valence-corrected chi connectivity index (χ0v) is 9.89. The molecule has 0 atom stereocenters. The molecule has 0 bridgehead atoms. The van der Waals surface area contributed by atoms with Gasteiger partial charge in [-0.25, -0.2) is 0 Å².